The number of rotatable bonds is 4. The van der Waals surface area contributed by atoms with Gasteiger partial charge in [-0.25, -0.2) is 4.39 Å². The molecule has 102 valence electrons. The van der Waals surface area contributed by atoms with E-state index in [0.29, 0.717) is 23.4 Å². The quantitative estimate of drug-likeness (QED) is 0.864. The number of ether oxygens (including phenoxy) is 1. The molecule has 1 aliphatic heterocycles. The monoisotopic (exact) mass is 265 g/mol. The Morgan fingerprint density at radius 1 is 1.58 bits per heavy atom. The third kappa shape index (κ3) is 3.32. The van der Waals surface area contributed by atoms with Crippen molar-refractivity contribution in [3.8, 4) is 5.75 Å². The molecule has 0 aliphatic carbocycles. The average Bonchev–Trinajstić information content (AvgIpc) is 2.43. The zero-order valence-electron chi connectivity index (χ0n) is 10.6. The lowest BCUT2D eigenvalue weighted by Crippen LogP contribution is -2.32. The number of nitrogens with one attached hydrogen (secondary N) is 1. The third-order valence-electron chi connectivity index (χ3n) is 2.90. The van der Waals surface area contributed by atoms with Crippen molar-refractivity contribution in [1.82, 2.24) is 5.32 Å². The first-order valence-corrected chi connectivity index (χ1v) is 6.12. The van der Waals surface area contributed by atoms with Crippen molar-refractivity contribution >= 4 is 12.0 Å². The predicted molar refractivity (Wildman–Crippen MR) is 69.1 cm³/mol. The average molecular weight is 265 g/mol. The van der Waals surface area contributed by atoms with Gasteiger partial charge in [-0.15, -0.1) is 0 Å². The fourth-order valence-electron chi connectivity index (χ4n) is 1.72. The number of carbonyl (C=O) groups excluding carboxylic acids is 1. The van der Waals surface area contributed by atoms with E-state index < -0.39 is 0 Å². The van der Waals surface area contributed by atoms with Gasteiger partial charge in [-0.1, -0.05) is 6.92 Å². The van der Waals surface area contributed by atoms with E-state index in [2.05, 4.69) is 5.32 Å². The van der Waals surface area contributed by atoms with Crippen LogP contribution in [0.15, 0.2) is 23.8 Å². The lowest BCUT2D eigenvalue weighted by molar-refractivity contribution is -0.118. The molecule has 2 rings (SSSR count). The van der Waals surface area contributed by atoms with Gasteiger partial charge in [0, 0.05) is 18.7 Å². The van der Waals surface area contributed by atoms with Crippen molar-refractivity contribution in [1.29, 1.82) is 0 Å². The molecule has 2 N–H and O–H groups in total. The van der Waals surface area contributed by atoms with Crippen LogP contribution < -0.4 is 10.1 Å². The Morgan fingerprint density at radius 2 is 2.37 bits per heavy atom. The van der Waals surface area contributed by atoms with E-state index in [-0.39, 0.29) is 30.9 Å². The van der Waals surface area contributed by atoms with E-state index in [0.717, 1.165) is 0 Å². The summed E-state index contributed by atoms with van der Waals surface area (Å²) in [4.78, 5) is 11.9. The Balaban J connectivity index is 2.08. The Labute approximate surface area is 110 Å². The molecule has 4 nitrogen and oxygen atoms in total. The van der Waals surface area contributed by atoms with Gasteiger partial charge in [0.25, 0.3) is 5.91 Å². The van der Waals surface area contributed by atoms with Gasteiger partial charge < -0.3 is 15.2 Å². The molecule has 0 radical (unpaired) electrons. The number of fused-ring (bicyclic) bond motifs is 1. The first kappa shape index (κ1) is 13.5. The minimum Gasteiger partial charge on any atom is -0.488 e. The number of carbonyl (C=O) groups is 1. The van der Waals surface area contributed by atoms with E-state index in [1.54, 1.807) is 12.1 Å². The van der Waals surface area contributed by atoms with Crippen LogP contribution >= 0.6 is 0 Å². The Kier molecular flexibility index (Phi) is 4.16. The summed E-state index contributed by atoms with van der Waals surface area (Å²) in [6.45, 7) is 2.40. The van der Waals surface area contributed by atoms with Crippen molar-refractivity contribution in [2.75, 3.05) is 19.8 Å². The normalized spacial score (nSPS) is 15.0. The van der Waals surface area contributed by atoms with Gasteiger partial charge in [0.15, 0.2) is 0 Å². The summed E-state index contributed by atoms with van der Waals surface area (Å²) < 4.78 is 18.5. The van der Waals surface area contributed by atoms with Gasteiger partial charge in [-0.3, -0.25) is 4.79 Å². The Hall–Kier alpha value is -1.88. The highest BCUT2D eigenvalue weighted by Crippen LogP contribution is 2.26. The molecule has 1 heterocycles. The summed E-state index contributed by atoms with van der Waals surface area (Å²) in [6.07, 6.45) is 1.63. The van der Waals surface area contributed by atoms with Crippen LogP contribution in [0.3, 0.4) is 0 Å². The second kappa shape index (κ2) is 5.84. The van der Waals surface area contributed by atoms with Crippen LogP contribution in [-0.4, -0.2) is 30.8 Å². The van der Waals surface area contributed by atoms with Crippen molar-refractivity contribution in [2.24, 2.45) is 5.92 Å². The molecule has 0 saturated carbocycles. The van der Waals surface area contributed by atoms with E-state index in [4.69, 9.17) is 9.84 Å². The molecule has 0 saturated heterocycles. The summed E-state index contributed by atoms with van der Waals surface area (Å²) in [7, 11) is 0. The van der Waals surface area contributed by atoms with Crippen LogP contribution in [-0.2, 0) is 4.79 Å². The highest BCUT2D eigenvalue weighted by molar-refractivity contribution is 5.99. The highest BCUT2D eigenvalue weighted by Gasteiger charge is 2.17. The summed E-state index contributed by atoms with van der Waals surface area (Å²) in [5, 5.41) is 11.6. The standard InChI is InChI=1S/C14H16FNO3/c1-9(7-17)6-16-14(18)11-4-10-5-12(15)2-3-13(10)19-8-11/h2-5,9,17H,6-8H2,1H3,(H,16,18). The first-order chi connectivity index (χ1) is 9.10. The first-order valence-electron chi connectivity index (χ1n) is 6.12. The molecule has 5 heteroatoms. The van der Waals surface area contributed by atoms with Gasteiger partial charge in [-0.2, -0.15) is 0 Å². The predicted octanol–water partition coefficient (Wildman–Crippen LogP) is 1.35. The SMILES string of the molecule is CC(CO)CNC(=O)C1=Cc2cc(F)ccc2OC1. The van der Waals surface area contributed by atoms with Gasteiger partial charge in [-0.05, 0) is 30.2 Å². The van der Waals surface area contributed by atoms with E-state index in [1.807, 2.05) is 6.92 Å². The number of halogens is 1. The van der Waals surface area contributed by atoms with Gasteiger partial charge in [0.1, 0.15) is 18.2 Å². The Bertz CT molecular complexity index is 513. The molecule has 1 aromatic rings. The van der Waals surface area contributed by atoms with Crippen LogP contribution in [0.2, 0.25) is 0 Å². The van der Waals surface area contributed by atoms with Crippen LogP contribution in [0.1, 0.15) is 12.5 Å². The van der Waals surface area contributed by atoms with Crippen molar-refractivity contribution < 1.29 is 19.0 Å². The van der Waals surface area contributed by atoms with E-state index in [9.17, 15) is 9.18 Å². The maximum atomic E-state index is 13.1. The maximum Gasteiger partial charge on any atom is 0.250 e. The lowest BCUT2D eigenvalue weighted by Gasteiger charge is -2.18. The number of hydrogen-bond donors (Lipinski definition) is 2. The van der Waals surface area contributed by atoms with Crippen LogP contribution in [0.25, 0.3) is 6.08 Å². The molecule has 0 aromatic heterocycles. The number of hydrogen-bond acceptors (Lipinski definition) is 3. The Morgan fingerprint density at radius 3 is 3.11 bits per heavy atom. The summed E-state index contributed by atoms with van der Waals surface area (Å²) in [5.74, 6) is -0.0511. The topological polar surface area (TPSA) is 58.6 Å². The second-order valence-electron chi connectivity index (χ2n) is 4.64. The number of aliphatic hydroxyl groups excluding tert-OH is 1. The smallest absolute Gasteiger partial charge is 0.250 e. The fourth-order valence-corrected chi connectivity index (χ4v) is 1.72. The highest BCUT2D eigenvalue weighted by atomic mass is 19.1. The number of amides is 1. The molecule has 19 heavy (non-hydrogen) atoms. The van der Waals surface area contributed by atoms with E-state index in [1.165, 1.54) is 12.1 Å². The van der Waals surface area contributed by atoms with E-state index >= 15 is 0 Å². The van der Waals surface area contributed by atoms with Gasteiger partial charge in [0.05, 0.1) is 5.57 Å². The molecule has 0 bridgehead atoms. The molecule has 1 aliphatic rings. The second-order valence-corrected chi connectivity index (χ2v) is 4.64. The fraction of sp³-hybridized carbons (Fsp3) is 0.357. The van der Waals surface area contributed by atoms with Crippen LogP contribution in [0, 0.1) is 11.7 Å². The molecule has 1 amide bonds. The zero-order chi connectivity index (χ0) is 13.8. The largest absolute Gasteiger partial charge is 0.488 e. The minimum absolute atomic E-state index is 0.00112. The lowest BCUT2D eigenvalue weighted by atomic mass is 10.1. The molecule has 1 atom stereocenters. The third-order valence-corrected chi connectivity index (χ3v) is 2.90. The molecule has 1 aromatic carbocycles. The molecule has 0 spiro atoms. The molecular formula is C14H16FNO3. The van der Waals surface area contributed by atoms with Crippen molar-refractivity contribution in [3.05, 3.63) is 35.2 Å². The number of benzene rings is 1. The molecule has 0 fully saturated rings. The summed E-state index contributed by atoms with van der Waals surface area (Å²) >= 11 is 0. The van der Waals surface area contributed by atoms with Crippen molar-refractivity contribution in [3.63, 3.8) is 0 Å². The van der Waals surface area contributed by atoms with Gasteiger partial charge >= 0.3 is 0 Å². The zero-order valence-corrected chi connectivity index (χ0v) is 10.6. The molecular weight excluding hydrogens is 249 g/mol. The summed E-state index contributed by atoms with van der Waals surface area (Å²) in [5.41, 5.74) is 1.01. The van der Waals surface area contributed by atoms with Crippen LogP contribution in [0.5, 0.6) is 5.75 Å². The summed E-state index contributed by atoms with van der Waals surface area (Å²) in [6, 6.07) is 4.20. The minimum atomic E-state index is -0.367. The molecule has 1 unspecified atom stereocenters. The van der Waals surface area contributed by atoms with Crippen LogP contribution in [0.4, 0.5) is 4.39 Å². The van der Waals surface area contributed by atoms with Crippen molar-refractivity contribution in [2.45, 2.75) is 6.92 Å². The maximum absolute atomic E-state index is 13.1. The number of aliphatic hydroxyl groups is 1. The van der Waals surface area contributed by atoms with Gasteiger partial charge in [0.2, 0.25) is 0 Å².